The van der Waals surface area contributed by atoms with Gasteiger partial charge in [-0.3, -0.25) is 0 Å². The first-order valence-electron chi connectivity index (χ1n) is 8.05. The van der Waals surface area contributed by atoms with E-state index in [2.05, 4.69) is 32.2 Å². The molecule has 0 aromatic heterocycles. The summed E-state index contributed by atoms with van der Waals surface area (Å²) in [4.78, 5) is 0. The Morgan fingerprint density at radius 3 is 2.71 bits per heavy atom. The van der Waals surface area contributed by atoms with E-state index in [-0.39, 0.29) is 5.41 Å². The molecular weight excluding hydrogens is 262 g/mol. The van der Waals surface area contributed by atoms with Crippen molar-refractivity contribution in [2.75, 3.05) is 20.3 Å². The maximum absolute atomic E-state index is 6.04. The molecule has 1 saturated heterocycles. The van der Waals surface area contributed by atoms with Gasteiger partial charge in [0.15, 0.2) is 0 Å². The first-order chi connectivity index (χ1) is 10.0. The molecule has 1 heterocycles. The Morgan fingerprint density at radius 1 is 1.29 bits per heavy atom. The zero-order chi connectivity index (χ0) is 15.3. The fourth-order valence-corrected chi connectivity index (χ4v) is 2.86. The van der Waals surface area contributed by atoms with Crippen LogP contribution in [-0.4, -0.2) is 26.3 Å². The molecule has 1 aliphatic rings. The lowest BCUT2D eigenvalue weighted by molar-refractivity contribution is 0.291. The fourth-order valence-electron chi connectivity index (χ4n) is 2.86. The van der Waals surface area contributed by atoms with Crippen molar-refractivity contribution in [2.24, 2.45) is 0 Å². The Kier molecular flexibility index (Phi) is 5.51. The predicted octanol–water partition coefficient (Wildman–Crippen LogP) is 3.90. The lowest BCUT2D eigenvalue weighted by atomic mass is 9.86. The highest BCUT2D eigenvalue weighted by Crippen LogP contribution is 2.34. The zero-order valence-corrected chi connectivity index (χ0v) is 13.9. The fraction of sp³-hybridized carbons (Fsp3) is 0.667. The molecule has 1 aliphatic heterocycles. The molecule has 1 aromatic rings. The topological polar surface area (TPSA) is 30.5 Å². The average molecular weight is 291 g/mol. The van der Waals surface area contributed by atoms with E-state index in [0.717, 1.165) is 24.5 Å². The number of benzene rings is 1. The minimum atomic E-state index is 0.0525. The van der Waals surface area contributed by atoms with Crippen LogP contribution in [0.5, 0.6) is 11.5 Å². The molecule has 0 radical (unpaired) electrons. The van der Waals surface area contributed by atoms with Crippen molar-refractivity contribution in [3.05, 3.63) is 23.8 Å². The molecule has 21 heavy (non-hydrogen) atoms. The number of ether oxygens (including phenoxy) is 2. The van der Waals surface area contributed by atoms with Crippen LogP contribution in [0.2, 0.25) is 0 Å². The lowest BCUT2D eigenvalue weighted by Gasteiger charge is -2.23. The minimum absolute atomic E-state index is 0.0525. The number of hydrogen-bond acceptors (Lipinski definition) is 3. The standard InChI is InChI=1S/C18H29NO2/c1-18(2,3)16-13-15(20-4)9-10-17(16)21-12-6-8-14-7-5-11-19-14/h9-10,13-14,19H,5-8,11-12H2,1-4H3. The molecule has 2 rings (SSSR count). The number of methoxy groups -OCH3 is 1. The molecule has 1 fully saturated rings. The van der Waals surface area contributed by atoms with E-state index in [1.165, 1.54) is 31.4 Å². The summed E-state index contributed by atoms with van der Waals surface area (Å²) in [6.07, 6.45) is 4.95. The van der Waals surface area contributed by atoms with Crippen molar-refractivity contribution in [3.63, 3.8) is 0 Å². The van der Waals surface area contributed by atoms with Gasteiger partial charge in [-0.2, -0.15) is 0 Å². The highest BCUT2D eigenvalue weighted by atomic mass is 16.5. The third-order valence-corrected chi connectivity index (χ3v) is 4.11. The van der Waals surface area contributed by atoms with Gasteiger partial charge in [0.05, 0.1) is 13.7 Å². The normalized spacial score (nSPS) is 18.8. The predicted molar refractivity (Wildman–Crippen MR) is 87.4 cm³/mol. The van der Waals surface area contributed by atoms with E-state index in [1.807, 2.05) is 12.1 Å². The molecule has 0 bridgehead atoms. The molecule has 3 nitrogen and oxygen atoms in total. The second kappa shape index (κ2) is 7.17. The van der Waals surface area contributed by atoms with E-state index in [1.54, 1.807) is 7.11 Å². The van der Waals surface area contributed by atoms with Crippen LogP contribution in [-0.2, 0) is 5.41 Å². The summed E-state index contributed by atoms with van der Waals surface area (Å²) < 4.78 is 11.4. The third-order valence-electron chi connectivity index (χ3n) is 4.11. The molecule has 0 amide bonds. The van der Waals surface area contributed by atoms with Gasteiger partial charge in [-0.15, -0.1) is 0 Å². The highest BCUT2D eigenvalue weighted by Gasteiger charge is 2.20. The molecule has 1 unspecified atom stereocenters. The van der Waals surface area contributed by atoms with E-state index in [0.29, 0.717) is 6.04 Å². The van der Waals surface area contributed by atoms with Crippen molar-refractivity contribution >= 4 is 0 Å². The summed E-state index contributed by atoms with van der Waals surface area (Å²) in [7, 11) is 1.71. The molecule has 1 aromatic carbocycles. The smallest absolute Gasteiger partial charge is 0.123 e. The van der Waals surface area contributed by atoms with E-state index in [9.17, 15) is 0 Å². The van der Waals surface area contributed by atoms with Crippen LogP contribution in [0.15, 0.2) is 18.2 Å². The van der Waals surface area contributed by atoms with Crippen molar-refractivity contribution in [1.82, 2.24) is 5.32 Å². The van der Waals surface area contributed by atoms with Crippen LogP contribution in [0.1, 0.15) is 52.0 Å². The Hall–Kier alpha value is -1.22. The van der Waals surface area contributed by atoms with Gasteiger partial charge in [-0.05, 0) is 55.8 Å². The van der Waals surface area contributed by atoms with Gasteiger partial charge in [0.2, 0.25) is 0 Å². The first-order valence-corrected chi connectivity index (χ1v) is 8.05. The molecule has 118 valence electrons. The van der Waals surface area contributed by atoms with Gasteiger partial charge >= 0.3 is 0 Å². The molecule has 0 saturated carbocycles. The first kappa shape index (κ1) is 16.2. The molecular formula is C18H29NO2. The highest BCUT2D eigenvalue weighted by molar-refractivity contribution is 5.44. The Labute approximate surface area is 129 Å². The molecule has 3 heteroatoms. The Bertz CT molecular complexity index is 445. The number of nitrogens with one attached hydrogen (secondary N) is 1. The second-order valence-electron chi connectivity index (χ2n) is 6.90. The van der Waals surface area contributed by atoms with Crippen LogP contribution >= 0.6 is 0 Å². The van der Waals surface area contributed by atoms with Gasteiger partial charge in [0.1, 0.15) is 11.5 Å². The number of rotatable bonds is 6. The van der Waals surface area contributed by atoms with Gasteiger partial charge in [-0.25, -0.2) is 0 Å². The maximum Gasteiger partial charge on any atom is 0.123 e. The van der Waals surface area contributed by atoms with Crippen molar-refractivity contribution in [2.45, 2.75) is 57.9 Å². The van der Waals surface area contributed by atoms with Crippen LogP contribution in [0.4, 0.5) is 0 Å². The summed E-state index contributed by atoms with van der Waals surface area (Å²) in [5.74, 6) is 1.88. The Balaban J connectivity index is 1.92. The van der Waals surface area contributed by atoms with Crippen molar-refractivity contribution in [1.29, 1.82) is 0 Å². The summed E-state index contributed by atoms with van der Waals surface area (Å²) in [5, 5.41) is 3.53. The molecule has 0 aliphatic carbocycles. The van der Waals surface area contributed by atoms with Crippen molar-refractivity contribution < 1.29 is 9.47 Å². The average Bonchev–Trinajstić information content (AvgIpc) is 2.96. The SMILES string of the molecule is COc1ccc(OCCCC2CCCN2)c(C(C)(C)C)c1. The minimum Gasteiger partial charge on any atom is -0.497 e. The van der Waals surface area contributed by atoms with Gasteiger partial charge in [0.25, 0.3) is 0 Å². The quantitative estimate of drug-likeness (QED) is 0.806. The summed E-state index contributed by atoms with van der Waals surface area (Å²) in [6, 6.07) is 6.80. The van der Waals surface area contributed by atoms with Gasteiger partial charge in [-0.1, -0.05) is 20.8 Å². The van der Waals surface area contributed by atoms with E-state index >= 15 is 0 Å². The van der Waals surface area contributed by atoms with Crippen LogP contribution in [0.3, 0.4) is 0 Å². The summed E-state index contributed by atoms with van der Waals surface area (Å²) in [6.45, 7) is 8.58. The monoisotopic (exact) mass is 291 g/mol. The largest absolute Gasteiger partial charge is 0.497 e. The maximum atomic E-state index is 6.04. The van der Waals surface area contributed by atoms with Gasteiger partial charge < -0.3 is 14.8 Å². The molecule has 1 N–H and O–H groups in total. The Morgan fingerprint density at radius 2 is 2.10 bits per heavy atom. The van der Waals surface area contributed by atoms with Crippen molar-refractivity contribution in [3.8, 4) is 11.5 Å². The third kappa shape index (κ3) is 4.63. The van der Waals surface area contributed by atoms with E-state index in [4.69, 9.17) is 9.47 Å². The van der Waals surface area contributed by atoms with Gasteiger partial charge in [0, 0.05) is 11.6 Å². The molecule has 0 spiro atoms. The summed E-state index contributed by atoms with van der Waals surface area (Å²) in [5.41, 5.74) is 1.26. The van der Waals surface area contributed by atoms with Crippen LogP contribution in [0, 0.1) is 0 Å². The number of hydrogen-bond donors (Lipinski definition) is 1. The van der Waals surface area contributed by atoms with Crippen LogP contribution in [0.25, 0.3) is 0 Å². The zero-order valence-electron chi connectivity index (χ0n) is 13.9. The second-order valence-corrected chi connectivity index (χ2v) is 6.90. The van der Waals surface area contributed by atoms with Crippen LogP contribution < -0.4 is 14.8 Å². The van der Waals surface area contributed by atoms with E-state index < -0.39 is 0 Å². The summed E-state index contributed by atoms with van der Waals surface area (Å²) >= 11 is 0. The lowest BCUT2D eigenvalue weighted by Crippen LogP contribution is -2.21. The molecule has 1 atom stereocenters.